The Balaban J connectivity index is 1.69. The van der Waals surface area contributed by atoms with Gasteiger partial charge in [-0.25, -0.2) is 0 Å². The van der Waals surface area contributed by atoms with Crippen molar-refractivity contribution in [1.82, 2.24) is 19.7 Å². The van der Waals surface area contributed by atoms with E-state index in [0.29, 0.717) is 25.4 Å². The van der Waals surface area contributed by atoms with Gasteiger partial charge in [0, 0.05) is 25.5 Å². The number of amides is 1. The predicted molar refractivity (Wildman–Crippen MR) is 81.4 cm³/mol. The van der Waals surface area contributed by atoms with Crippen molar-refractivity contribution < 1.29 is 9.53 Å². The van der Waals surface area contributed by atoms with Crippen LogP contribution in [0.4, 0.5) is 0 Å². The van der Waals surface area contributed by atoms with E-state index in [-0.39, 0.29) is 12.0 Å². The van der Waals surface area contributed by atoms with Crippen LogP contribution in [0.5, 0.6) is 0 Å². The fraction of sp³-hybridized carbons (Fsp3) is 0.438. The third kappa shape index (κ3) is 3.17. The predicted octanol–water partition coefficient (Wildman–Crippen LogP) is 1.90. The SMILES string of the molecule is CCCn1ccc(C(=O)N2CCO[C@H](c3ccccn3)C2)n1. The first-order chi connectivity index (χ1) is 10.8. The zero-order valence-corrected chi connectivity index (χ0v) is 12.7. The van der Waals surface area contributed by atoms with Crippen molar-refractivity contribution in [2.24, 2.45) is 0 Å². The molecule has 1 aliphatic rings. The molecule has 0 unspecified atom stereocenters. The summed E-state index contributed by atoms with van der Waals surface area (Å²) >= 11 is 0. The highest BCUT2D eigenvalue weighted by Gasteiger charge is 2.27. The van der Waals surface area contributed by atoms with Crippen LogP contribution in [0.1, 0.15) is 35.6 Å². The Bertz CT molecular complexity index is 626. The van der Waals surface area contributed by atoms with Gasteiger partial charge in [0.2, 0.25) is 0 Å². The first-order valence-electron chi connectivity index (χ1n) is 7.63. The van der Waals surface area contributed by atoms with Gasteiger partial charge >= 0.3 is 0 Å². The molecule has 1 atom stereocenters. The Labute approximate surface area is 129 Å². The molecule has 0 aliphatic carbocycles. The molecule has 0 saturated carbocycles. The number of pyridine rings is 1. The summed E-state index contributed by atoms with van der Waals surface area (Å²) in [7, 11) is 0. The second-order valence-corrected chi connectivity index (χ2v) is 5.33. The van der Waals surface area contributed by atoms with Crippen molar-refractivity contribution in [3.63, 3.8) is 0 Å². The molecule has 3 heterocycles. The molecule has 1 saturated heterocycles. The second-order valence-electron chi connectivity index (χ2n) is 5.33. The minimum Gasteiger partial charge on any atom is -0.368 e. The number of rotatable bonds is 4. The largest absolute Gasteiger partial charge is 0.368 e. The van der Waals surface area contributed by atoms with Gasteiger partial charge in [0.1, 0.15) is 11.8 Å². The molecule has 1 aliphatic heterocycles. The number of aryl methyl sites for hydroxylation is 1. The monoisotopic (exact) mass is 300 g/mol. The van der Waals surface area contributed by atoms with E-state index in [1.54, 1.807) is 17.2 Å². The van der Waals surface area contributed by atoms with Crippen LogP contribution in [-0.2, 0) is 11.3 Å². The topological polar surface area (TPSA) is 60.2 Å². The Morgan fingerprint density at radius 2 is 2.32 bits per heavy atom. The standard InChI is InChI=1S/C16H20N4O2/c1-2-8-20-9-6-14(18-20)16(21)19-10-11-22-15(12-19)13-5-3-4-7-17-13/h3-7,9,15H,2,8,10-12H2,1H3/t15-/m0/s1. The summed E-state index contributed by atoms with van der Waals surface area (Å²) in [6.45, 7) is 4.53. The summed E-state index contributed by atoms with van der Waals surface area (Å²) in [5, 5.41) is 4.34. The minimum absolute atomic E-state index is 0.0425. The van der Waals surface area contributed by atoms with Crippen molar-refractivity contribution in [2.75, 3.05) is 19.7 Å². The molecule has 116 valence electrons. The lowest BCUT2D eigenvalue weighted by molar-refractivity contribution is -0.0249. The molecule has 0 radical (unpaired) electrons. The van der Waals surface area contributed by atoms with Gasteiger partial charge in [0.05, 0.1) is 18.8 Å². The maximum Gasteiger partial charge on any atom is 0.274 e. The molecule has 0 N–H and O–H groups in total. The number of hydrogen-bond donors (Lipinski definition) is 0. The van der Waals surface area contributed by atoms with Crippen LogP contribution < -0.4 is 0 Å². The van der Waals surface area contributed by atoms with Gasteiger partial charge in [-0.2, -0.15) is 5.10 Å². The Hall–Kier alpha value is -2.21. The average molecular weight is 300 g/mol. The van der Waals surface area contributed by atoms with E-state index in [1.165, 1.54) is 0 Å². The van der Waals surface area contributed by atoms with Crippen LogP contribution >= 0.6 is 0 Å². The van der Waals surface area contributed by atoms with Crippen LogP contribution in [0.2, 0.25) is 0 Å². The number of hydrogen-bond acceptors (Lipinski definition) is 4. The molecule has 2 aromatic heterocycles. The highest BCUT2D eigenvalue weighted by molar-refractivity contribution is 5.92. The van der Waals surface area contributed by atoms with Gasteiger partial charge in [-0.3, -0.25) is 14.5 Å². The third-order valence-electron chi connectivity index (χ3n) is 3.68. The summed E-state index contributed by atoms with van der Waals surface area (Å²) in [6.07, 6.45) is 4.42. The maximum absolute atomic E-state index is 12.6. The summed E-state index contributed by atoms with van der Waals surface area (Å²) in [5.41, 5.74) is 1.35. The molecule has 6 heteroatoms. The van der Waals surface area contributed by atoms with E-state index in [1.807, 2.05) is 29.1 Å². The Morgan fingerprint density at radius 3 is 3.09 bits per heavy atom. The lowest BCUT2D eigenvalue weighted by Gasteiger charge is -2.32. The summed E-state index contributed by atoms with van der Waals surface area (Å²) in [4.78, 5) is 18.7. The van der Waals surface area contributed by atoms with Crippen molar-refractivity contribution in [2.45, 2.75) is 26.0 Å². The van der Waals surface area contributed by atoms with Gasteiger partial charge < -0.3 is 9.64 Å². The molecule has 1 amide bonds. The first kappa shape index (κ1) is 14.7. The normalized spacial score (nSPS) is 18.4. The van der Waals surface area contributed by atoms with Gasteiger partial charge in [-0.05, 0) is 24.6 Å². The van der Waals surface area contributed by atoms with Crippen LogP contribution in [0.3, 0.4) is 0 Å². The Kier molecular flexibility index (Phi) is 4.48. The molecule has 3 rings (SSSR count). The lowest BCUT2D eigenvalue weighted by atomic mass is 10.2. The highest BCUT2D eigenvalue weighted by atomic mass is 16.5. The Morgan fingerprint density at radius 1 is 1.41 bits per heavy atom. The van der Waals surface area contributed by atoms with E-state index in [0.717, 1.165) is 18.7 Å². The van der Waals surface area contributed by atoms with Crippen molar-refractivity contribution >= 4 is 5.91 Å². The molecule has 22 heavy (non-hydrogen) atoms. The fourth-order valence-corrected chi connectivity index (χ4v) is 2.57. The number of ether oxygens (including phenoxy) is 1. The molecule has 1 fully saturated rings. The number of aromatic nitrogens is 3. The smallest absolute Gasteiger partial charge is 0.274 e. The van der Waals surface area contributed by atoms with Crippen LogP contribution in [0.15, 0.2) is 36.7 Å². The van der Waals surface area contributed by atoms with Gasteiger partial charge in [-0.1, -0.05) is 13.0 Å². The molecule has 6 nitrogen and oxygen atoms in total. The zero-order valence-electron chi connectivity index (χ0n) is 12.7. The van der Waals surface area contributed by atoms with Gasteiger partial charge in [-0.15, -0.1) is 0 Å². The molecular formula is C16H20N4O2. The number of nitrogens with zero attached hydrogens (tertiary/aromatic N) is 4. The quantitative estimate of drug-likeness (QED) is 0.865. The van der Waals surface area contributed by atoms with Crippen molar-refractivity contribution in [3.05, 3.63) is 48.0 Å². The number of morpholine rings is 1. The van der Waals surface area contributed by atoms with E-state index >= 15 is 0 Å². The third-order valence-corrected chi connectivity index (χ3v) is 3.68. The van der Waals surface area contributed by atoms with Gasteiger partial charge in [0.25, 0.3) is 5.91 Å². The molecule has 0 spiro atoms. The van der Waals surface area contributed by atoms with E-state index in [4.69, 9.17) is 4.74 Å². The number of carbonyl (C=O) groups is 1. The van der Waals surface area contributed by atoms with E-state index in [2.05, 4.69) is 17.0 Å². The summed E-state index contributed by atoms with van der Waals surface area (Å²) in [5.74, 6) is -0.0425. The van der Waals surface area contributed by atoms with E-state index in [9.17, 15) is 4.79 Å². The number of carbonyl (C=O) groups excluding carboxylic acids is 1. The van der Waals surface area contributed by atoms with Crippen LogP contribution in [0, 0.1) is 0 Å². The van der Waals surface area contributed by atoms with Gasteiger partial charge in [0.15, 0.2) is 0 Å². The maximum atomic E-state index is 12.6. The summed E-state index contributed by atoms with van der Waals surface area (Å²) in [6, 6.07) is 7.51. The van der Waals surface area contributed by atoms with E-state index < -0.39 is 0 Å². The summed E-state index contributed by atoms with van der Waals surface area (Å²) < 4.78 is 7.55. The zero-order chi connectivity index (χ0) is 15.4. The first-order valence-corrected chi connectivity index (χ1v) is 7.63. The average Bonchev–Trinajstić information content (AvgIpc) is 3.04. The lowest BCUT2D eigenvalue weighted by Crippen LogP contribution is -2.42. The van der Waals surface area contributed by atoms with Crippen molar-refractivity contribution in [1.29, 1.82) is 0 Å². The van der Waals surface area contributed by atoms with Crippen LogP contribution in [-0.4, -0.2) is 45.3 Å². The fourth-order valence-electron chi connectivity index (χ4n) is 2.57. The van der Waals surface area contributed by atoms with Crippen molar-refractivity contribution in [3.8, 4) is 0 Å². The molecule has 2 aromatic rings. The molecule has 0 aromatic carbocycles. The second kappa shape index (κ2) is 6.70. The molecular weight excluding hydrogens is 280 g/mol. The highest BCUT2D eigenvalue weighted by Crippen LogP contribution is 2.21. The van der Waals surface area contributed by atoms with Crippen LogP contribution in [0.25, 0.3) is 0 Å². The molecule has 0 bridgehead atoms. The minimum atomic E-state index is -0.170.